The summed E-state index contributed by atoms with van der Waals surface area (Å²) in [6, 6.07) is 3.12. The van der Waals surface area contributed by atoms with E-state index in [0.29, 0.717) is 5.92 Å². The van der Waals surface area contributed by atoms with Crippen LogP contribution < -0.4 is 0 Å². The lowest BCUT2D eigenvalue weighted by Crippen LogP contribution is -2.38. The van der Waals surface area contributed by atoms with E-state index in [4.69, 9.17) is 4.98 Å². The molecule has 1 aliphatic rings. The Hall–Kier alpha value is -2.14. The third-order valence-corrected chi connectivity index (χ3v) is 6.17. The number of aromatic amines is 1. The van der Waals surface area contributed by atoms with Crippen LogP contribution >= 0.6 is 0 Å². The fourth-order valence-corrected chi connectivity index (χ4v) is 4.70. The Morgan fingerprint density at radius 1 is 1.19 bits per heavy atom. The van der Waals surface area contributed by atoms with Gasteiger partial charge in [-0.05, 0) is 62.7 Å². The molecule has 144 valence electrons. The summed E-state index contributed by atoms with van der Waals surface area (Å²) in [6.45, 7) is 6.99. The summed E-state index contributed by atoms with van der Waals surface area (Å²) in [5.74, 6) is 0.634. The van der Waals surface area contributed by atoms with Gasteiger partial charge in [-0.3, -0.25) is 4.68 Å². The van der Waals surface area contributed by atoms with Crippen LogP contribution in [0.1, 0.15) is 57.4 Å². The van der Waals surface area contributed by atoms with E-state index < -0.39 is 0 Å². The molecule has 1 N–H and O–H groups in total. The van der Waals surface area contributed by atoms with Gasteiger partial charge < -0.3 is 9.88 Å². The Labute approximate surface area is 161 Å². The first-order chi connectivity index (χ1) is 13.2. The summed E-state index contributed by atoms with van der Waals surface area (Å²) in [4.78, 5) is 10.7. The Bertz CT molecular complexity index is 885. The molecule has 3 heterocycles. The maximum absolute atomic E-state index is 4.72. The van der Waals surface area contributed by atoms with Crippen LogP contribution in [0.15, 0.2) is 30.9 Å². The van der Waals surface area contributed by atoms with E-state index in [1.54, 1.807) is 0 Å². The molecule has 0 atom stereocenters. The molecule has 0 aromatic carbocycles. The van der Waals surface area contributed by atoms with Gasteiger partial charge in [-0.1, -0.05) is 13.8 Å². The molecule has 1 aliphatic carbocycles. The second-order valence-electron chi connectivity index (χ2n) is 7.90. The van der Waals surface area contributed by atoms with Crippen molar-refractivity contribution in [3.8, 4) is 11.1 Å². The minimum Gasteiger partial charge on any atom is -0.346 e. The van der Waals surface area contributed by atoms with Crippen LogP contribution in [0.3, 0.4) is 0 Å². The van der Waals surface area contributed by atoms with E-state index in [1.165, 1.54) is 61.7 Å². The Kier molecular flexibility index (Phi) is 5.30. The molecule has 0 aliphatic heterocycles. The van der Waals surface area contributed by atoms with Gasteiger partial charge in [0, 0.05) is 48.2 Å². The molecule has 0 unspecified atom stereocenters. The maximum atomic E-state index is 4.72. The first kappa shape index (κ1) is 18.2. The maximum Gasteiger partial charge on any atom is 0.137 e. The van der Waals surface area contributed by atoms with Crippen LogP contribution in [0.5, 0.6) is 0 Å². The highest BCUT2D eigenvalue weighted by atomic mass is 15.2. The van der Waals surface area contributed by atoms with E-state index >= 15 is 0 Å². The van der Waals surface area contributed by atoms with Crippen LogP contribution in [0, 0.1) is 0 Å². The van der Waals surface area contributed by atoms with Crippen molar-refractivity contribution < 1.29 is 0 Å². The first-order valence-electron chi connectivity index (χ1n) is 10.4. The van der Waals surface area contributed by atoms with E-state index in [9.17, 15) is 0 Å². The SMILES string of the molecule is CCCN(CC)C1CCC(c2cnc3[nH]cc(-c4cnn(C)c4)c3c2)CC1. The van der Waals surface area contributed by atoms with Crippen LogP contribution in [0.2, 0.25) is 0 Å². The Balaban J connectivity index is 1.53. The normalized spacial score (nSPS) is 20.6. The zero-order valence-electron chi connectivity index (χ0n) is 16.8. The molecule has 5 nitrogen and oxygen atoms in total. The fourth-order valence-electron chi connectivity index (χ4n) is 4.70. The molecule has 0 spiro atoms. The van der Waals surface area contributed by atoms with Gasteiger partial charge in [0.1, 0.15) is 5.65 Å². The largest absolute Gasteiger partial charge is 0.346 e. The van der Waals surface area contributed by atoms with Crippen molar-refractivity contribution in [3.63, 3.8) is 0 Å². The number of aromatic nitrogens is 4. The van der Waals surface area contributed by atoms with Crippen molar-refractivity contribution in [2.45, 2.75) is 57.9 Å². The average Bonchev–Trinajstić information content (AvgIpc) is 3.31. The van der Waals surface area contributed by atoms with Crippen molar-refractivity contribution >= 4 is 11.0 Å². The van der Waals surface area contributed by atoms with E-state index in [2.05, 4.69) is 53.5 Å². The molecule has 1 saturated carbocycles. The van der Waals surface area contributed by atoms with E-state index in [1.807, 2.05) is 17.9 Å². The van der Waals surface area contributed by atoms with Crippen molar-refractivity contribution in [1.29, 1.82) is 0 Å². The molecule has 4 rings (SSSR count). The monoisotopic (exact) mass is 365 g/mol. The zero-order valence-corrected chi connectivity index (χ0v) is 16.8. The summed E-state index contributed by atoms with van der Waals surface area (Å²) in [7, 11) is 1.96. The fraction of sp³-hybridized carbons (Fsp3) is 0.545. The Morgan fingerprint density at radius 2 is 2.00 bits per heavy atom. The number of aryl methyl sites for hydroxylation is 1. The Morgan fingerprint density at radius 3 is 2.67 bits per heavy atom. The van der Waals surface area contributed by atoms with Crippen molar-refractivity contribution in [2.24, 2.45) is 7.05 Å². The van der Waals surface area contributed by atoms with Crippen LogP contribution in [0.25, 0.3) is 22.2 Å². The van der Waals surface area contributed by atoms with Crippen LogP contribution in [-0.2, 0) is 7.05 Å². The second-order valence-corrected chi connectivity index (χ2v) is 7.90. The van der Waals surface area contributed by atoms with E-state index in [0.717, 1.165) is 17.3 Å². The molecular weight excluding hydrogens is 334 g/mol. The van der Waals surface area contributed by atoms with Crippen molar-refractivity contribution in [2.75, 3.05) is 13.1 Å². The van der Waals surface area contributed by atoms with Gasteiger partial charge in [0.15, 0.2) is 0 Å². The molecule has 0 radical (unpaired) electrons. The first-order valence-corrected chi connectivity index (χ1v) is 10.4. The molecule has 27 heavy (non-hydrogen) atoms. The van der Waals surface area contributed by atoms with Crippen molar-refractivity contribution in [3.05, 3.63) is 36.4 Å². The second kappa shape index (κ2) is 7.85. The lowest BCUT2D eigenvalue weighted by Gasteiger charge is -2.36. The summed E-state index contributed by atoms with van der Waals surface area (Å²) < 4.78 is 1.85. The summed E-state index contributed by atoms with van der Waals surface area (Å²) in [5.41, 5.74) is 4.70. The molecule has 1 fully saturated rings. The number of H-pyrrole nitrogens is 1. The predicted molar refractivity (Wildman–Crippen MR) is 111 cm³/mol. The van der Waals surface area contributed by atoms with Gasteiger partial charge in [0.2, 0.25) is 0 Å². The standard InChI is InChI=1S/C22H31N5/c1-4-10-27(5-2)19-8-6-16(7-9-19)17-11-20-21(14-24-22(20)23-12-17)18-13-25-26(3)15-18/h11-16,19H,4-10H2,1-3H3,(H,23,24). The zero-order chi connectivity index (χ0) is 18.8. The smallest absolute Gasteiger partial charge is 0.137 e. The number of nitrogens with zero attached hydrogens (tertiary/aromatic N) is 4. The molecule has 3 aromatic heterocycles. The van der Waals surface area contributed by atoms with Gasteiger partial charge in [-0.25, -0.2) is 4.98 Å². The summed E-state index contributed by atoms with van der Waals surface area (Å²) >= 11 is 0. The average molecular weight is 366 g/mol. The molecule has 3 aromatic rings. The number of hydrogen-bond donors (Lipinski definition) is 1. The number of nitrogens with one attached hydrogen (secondary N) is 1. The van der Waals surface area contributed by atoms with Gasteiger partial charge in [0.05, 0.1) is 6.20 Å². The van der Waals surface area contributed by atoms with Crippen molar-refractivity contribution in [1.82, 2.24) is 24.6 Å². The topological polar surface area (TPSA) is 49.7 Å². The quantitative estimate of drug-likeness (QED) is 0.687. The highest BCUT2D eigenvalue weighted by Crippen LogP contribution is 2.37. The number of fused-ring (bicyclic) bond motifs is 1. The molecule has 0 saturated heterocycles. The highest BCUT2D eigenvalue weighted by molar-refractivity contribution is 5.93. The third kappa shape index (κ3) is 3.65. The van der Waals surface area contributed by atoms with Crippen LogP contribution in [0.4, 0.5) is 0 Å². The van der Waals surface area contributed by atoms with Gasteiger partial charge in [-0.2, -0.15) is 5.10 Å². The van der Waals surface area contributed by atoms with Crippen LogP contribution in [-0.4, -0.2) is 43.8 Å². The lowest BCUT2D eigenvalue weighted by molar-refractivity contribution is 0.156. The number of rotatable bonds is 6. The van der Waals surface area contributed by atoms with Gasteiger partial charge in [0.25, 0.3) is 0 Å². The number of hydrogen-bond acceptors (Lipinski definition) is 3. The molecule has 0 amide bonds. The molecule has 0 bridgehead atoms. The molecule has 5 heteroatoms. The van der Waals surface area contributed by atoms with Gasteiger partial charge >= 0.3 is 0 Å². The van der Waals surface area contributed by atoms with E-state index in [-0.39, 0.29) is 0 Å². The summed E-state index contributed by atoms with van der Waals surface area (Å²) in [5, 5.41) is 5.53. The highest BCUT2D eigenvalue weighted by Gasteiger charge is 2.26. The third-order valence-electron chi connectivity index (χ3n) is 6.17. The lowest BCUT2D eigenvalue weighted by atomic mass is 9.81. The van der Waals surface area contributed by atoms with Gasteiger partial charge in [-0.15, -0.1) is 0 Å². The minimum atomic E-state index is 0.634. The minimum absolute atomic E-state index is 0.634. The number of pyridine rings is 1. The predicted octanol–water partition coefficient (Wildman–Crippen LogP) is 4.72. The summed E-state index contributed by atoms with van der Waals surface area (Å²) in [6.07, 6.45) is 14.5. The molecular formula is C22H31N5.